The van der Waals surface area contributed by atoms with Crippen LogP contribution in [0.4, 0.5) is 0 Å². The molecule has 40 heavy (non-hydrogen) atoms. The zero-order valence-electron chi connectivity index (χ0n) is 21.9. The lowest BCUT2D eigenvalue weighted by atomic mass is 10.1. The number of amides is 2. The second-order valence-electron chi connectivity index (χ2n) is 9.89. The summed E-state index contributed by atoms with van der Waals surface area (Å²) in [5.41, 5.74) is 11.8. The Bertz CT molecular complexity index is 1820. The fraction of sp³-hybridized carbons (Fsp3) is 0.156. The first kappa shape index (κ1) is 25.3. The van der Waals surface area contributed by atoms with Gasteiger partial charge in [-0.05, 0) is 35.7 Å². The van der Waals surface area contributed by atoms with Gasteiger partial charge in [0, 0.05) is 53.0 Å². The summed E-state index contributed by atoms with van der Waals surface area (Å²) in [5.74, 6) is -0.551. The number of nitrogens with two attached hydrogens (primary N) is 1. The Morgan fingerprint density at radius 1 is 0.850 bits per heavy atom. The van der Waals surface area contributed by atoms with E-state index in [2.05, 4.69) is 49.4 Å². The minimum atomic E-state index is -0.688. The minimum absolute atomic E-state index is 0.259. The van der Waals surface area contributed by atoms with Gasteiger partial charge in [-0.25, -0.2) is 4.98 Å². The topological polar surface area (TPSA) is 118 Å². The van der Waals surface area contributed by atoms with Gasteiger partial charge in [-0.3, -0.25) is 9.59 Å². The summed E-state index contributed by atoms with van der Waals surface area (Å²) >= 11 is 0. The molecule has 2 amide bonds. The molecule has 1 atom stereocenters. The first-order valence-electron chi connectivity index (χ1n) is 13.4. The van der Waals surface area contributed by atoms with E-state index >= 15 is 0 Å². The van der Waals surface area contributed by atoms with E-state index < -0.39 is 6.04 Å². The van der Waals surface area contributed by atoms with Crippen molar-refractivity contribution in [3.05, 3.63) is 114 Å². The summed E-state index contributed by atoms with van der Waals surface area (Å²) in [4.78, 5) is 33.1. The van der Waals surface area contributed by atoms with Crippen molar-refractivity contribution >= 4 is 44.5 Å². The monoisotopic (exact) mass is 530 g/mol. The van der Waals surface area contributed by atoms with Crippen molar-refractivity contribution in [3.63, 3.8) is 0 Å². The normalized spacial score (nSPS) is 12.1. The molecule has 0 unspecified atom stereocenters. The van der Waals surface area contributed by atoms with Crippen molar-refractivity contribution < 1.29 is 9.59 Å². The van der Waals surface area contributed by atoms with Crippen molar-refractivity contribution in [3.8, 4) is 0 Å². The zero-order valence-corrected chi connectivity index (χ0v) is 21.9. The lowest BCUT2D eigenvalue weighted by Gasteiger charge is -2.12. The van der Waals surface area contributed by atoms with Crippen molar-refractivity contribution in [1.82, 2.24) is 25.2 Å². The van der Waals surface area contributed by atoms with Crippen molar-refractivity contribution in [2.45, 2.75) is 19.0 Å². The molecule has 0 saturated carbocycles. The Hall–Kier alpha value is -4.95. The number of rotatable bonds is 9. The molecule has 0 saturated heterocycles. The minimum Gasteiger partial charge on any atom is -0.361 e. The number of aromatic amines is 1. The molecule has 6 aromatic rings. The van der Waals surface area contributed by atoms with Crippen LogP contribution < -0.4 is 16.4 Å². The molecule has 3 heterocycles. The third-order valence-corrected chi connectivity index (χ3v) is 7.24. The molecule has 3 aromatic carbocycles. The molecule has 8 nitrogen and oxygen atoms in total. The quantitative estimate of drug-likeness (QED) is 0.210. The number of para-hydroxylation sites is 2. The van der Waals surface area contributed by atoms with Gasteiger partial charge >= 0.3 is 0 Å². The number of carbonyl (C=O) groups is 2. The van der Waals surface area contributed by atoms with E-state index in [1.807, 2.05) is 66.9 Å². The Morgan fingerprint density at radius 3 is 2.42 bits per heavy atom. The molecule has 0 spiro atoms. The highest BCUT2D eigenvalue weighted by molar-refractivity contribution is 6.10. The van der Waals surface area contributed by atoms with Crippen LogP contribution in [0.1, 0.15) is 21.6 Å². The van der Waals surface area contributed by atoms with Crippen molar-refractivity contribution in [2.75, 3.05) is 13.1 Å². The number of hydrogen-bond acceptors (Lipinski definition) is 4. The van der Waals surface area contributed by atoms with Crippen LogP contribution in [0.25, 0.3) is 32.7 Å². The van der Waals surface area contributed by atoms with Crippen LogP contribution in [0.15, 0.2) is 97.3 Å². The molecular weight excluding hydrogens is 500 g/mol. The second-order valence-corrected chi connectivity index (χ2v) is 9.89. The van der Waals surface area contributed by atoms with Gasteiger partial charge in [-0.15, -0.1) is 0 Å². The van der Waals surface area contributed by atoms with Crippen molar-refractivity contribution in [1.29, 1.82) is 0 Å². The standard InChI is InChI=1S/C32H30N6O2/c33-26(16-22-18-36-27-12-6-4-10-23(22)27)31(39)34-14-15-35-32(40)28-17-25-24-11-5-7-13-29(24)38(30(25)19-37-28)20-21-8-2-1-3-9-21/h1-13,17-19,26,36H,14-16,20,33H2,(H,34,39)(H,35,40)/t26-/m0/s1. The molecule has 0 aliphatic rings. The Labute approximate surface area is 231 Å². The number of pyridine rings is 1. The number of fused-ring (bicyclic) bond motifs is 4. The summed E-state index contributed by atoms with van der Waals surface area (Å²) < 4.78 is 2.23. The largest absolute Gasteiger partial charge is 0.361 e. The summed E-state index contributed by atoms with van der Waals surface area (Å²) in [7, 11) is 0. The predicted molar refractivity (Wildman–Crippen MR) is 158 cm³/mol. The van der Waals surface area contributed by atoms with E-state index in [4.69, 9.17) is 5.73 Å². The number of nitrogens with one attached hydrogen (secondary N) is 3. The van der Waals surface area contributed by atoms with Gasteiger partial charge in [0.1, 0.15) is 5.69 Å². The smallest absolute Gasteiger partial charge is 0.269 e. The van der Waals surface area contributed by atoms with Crippen LogP contribution in [-0.4, -0.2) is 45.5 Å². The van der Waals surface area contributed by atoms with Gasteiger partial charge in [0.15, 0.2) is 0 Å². The second kappa shape index (κ2) is 11.0. The van der Waals surface area contributed by atoms with E-state index in [0.29, 0.717) is 18.7 Å². The summed E-state index contributed by atoms with van der Waals surface area (Å²) in [6.07, 6.45) is 4.07. The van der Waals surface area contributed by atoms with Gasteiger partial charge < -0.3 is 25.9 Å². The first-order valence-corrected chi connectivity index (χ1v) is 13.4. The number of hydrogen-bond donors (Lipinski definition) is 4. The van der Waals surface area contributed by atoms with Crippen LogP contribution in [0.5, 0.6) is 0 Å². The maximum atomic E-state index is 12.9. The van der Waals surface area contributed by atoms with E-state index in [9.17, 15) is 9.59 Å². The van der Waals surface area contributed by atoms with Gasteiger partial charge in [0.2, 0.25) is 5.91 Å². The number of nitrogens with zero attached hydrogens (tertiary/aromatic N) is 2. The number of H-pyrrole nitrogens is 1. The van der Waals surface area contributed by atoms with Gasteiger partial charge in [0.25, 0.3) is 5.91 Å². The molecule has 0 bridgehead atoms. The van der Waals surface area contributed by atoms with Crippen LogP contribution in [-0.2, 0) is 17.8 Å². The Kier molecular flexibility index (Phi) is 6.99. The Morgan fingerprint density at radius 2 is 1.57 bits per heavy atom. The Balaban J connectivity index is 1.08. The highest BCUT2D eigenvalue weighted by Gasteiger charge is 2.17. The van der Waals surface area contributed by atoms with Crippen LogP contribution in [0.2, 0.25) is 0 Å². The number of aromatic nitrogens is 3. The molecule has 200 valence electrons. The molecule has 6 rings (SSSR count). The molecule has 0 fully saturated rings. The fourth-order valence-electron chi connectivity index (χ4n) is 5.22. The maximum Gasteiger partial charge on any atom is 0.269 e. The van der Waals surface area contributed by atoms with Gasteiger partial charge in [-0.1, -0.05) is 66.7 Å². The van der Waals surface area contributed by atoms with Gasteiger partial charge in [-0.2, -0.15) is 0 Å². The van der Waals surface area contributed by atoms with E-state index in [-0.39, 0.29) is 24.9 Å². The summed E-state index contributed by atoms with van der Waals surface area (Å²) in [6.45, 7) is 1.24. The molecule has 8 heteroatoms. The van der Waals surface area contributed by atoms with Crippen LogP contribution in [0, 0.1) is 0 Å². The maximum absolute atomic E-state index is 12.9. The summed E-state index contributed by atoms with van der Waals surface area (Å²) in [6, 6.07) is 27.5. The number of carbonyl (C=O) groups excluding carboxylic acids is 2. The first-order chi connectivity index (χ1) is 19.6. The van der Waals surface area contributed by atoms with E-state index in [0.717, 1.165) is 38.3 Å². The predicted octanol–water partition coefficient (Wildman–Crippen LogP) is 4.14. The zero-order chi connectivity index (χ0) is 27.5. The number of benzene rings is 3. The molecule has 5 N–H and O–H groups in total. The molecule has 0 aliphatic heterocycles. The third-order valence-electron chi connectivity index (χ3n) is 7.24. The SMILES string of the molecule is N[C@@H](Cc1c[nH]c2ccccc12)C(=O)NCCNC(=O)c1cc2c3ccccc3n(Cc3ccccc3)c2cn1. The lowest BCUT2D eigenvalue weighted by molar-refractivity contribution is -0.122. The van der Waals surface area contributed by atoms with Crippen LogP contribution in [0.3, 0.4) is 0 Å². The molecule has 0 aliphatic carbocycles. The average Bonchev–Trinajstić information content (AvgIpc) is 3.54. The lowest BCUT2D eigenvalue weighted by Crippen LogP contribution is -2.44. The van der Waals surface area contributed by atoms with Crippen molar-refractivity contribution in [2.24, 2.45) is 5.73 Å². The van der Waals surface area contributed by atoms with E-state index in [1.54, 1.807) is 6.20 Å². The average molecular weight is 531 g/mol. The molecular formula is C32H30N6O2. The van der Waals surface area contributed by atoms with E-state index in [1.165, 1.54) is 5.56 Å². The van der Waals surface area contributed by atoms with Crippen LogP contribution >= 0.6 is 0 Å². The third kappa shape index (κ3) is 5.04. The highest BCUT2D eigenvalue weighted by atomic mass is 16.2. The molecule has 3 aromatic heterocycles. The highest BCUT2D eigenvalue weighted by Crippen LogP contribution is 2.29. The summed E-state index contributed by atoms with van der Waals surface area (Å²) in [5, 5.41) is 8.78. The van der Waals surface area contributed by atoms with Gasteiger partial charge in [0.05, 0.1) is 17.8 Å². The molecule has 0 radical (unpaired) electrons. The fourth-order valence-corrected chi connectivity index (χ4v) is 5.22.